The van der Waals surface area contributed by atoms with Crippen LogP contribution in [0.2, 0.25) is 0 Å². The average molecular weight is 1080 g/mol. The number of esters is 3. The molecule has 1 heterocycles. The molecule has 1 aliphatic heterocycles. The summed E-state index contributed by atoms with van der Waals surface area (Å²) in [7, 11) is 0. The lowest BCUT2D eigenvalue weighted by Gasteiger charge is -2.40. The number of carbonyl (C=O) groups excluding carboxylic acids is 3. The van der Waals surface area contributed by atoms with Crippen molar-refractivity contribution in [3.8, 4) is 0 Å². The molecular weight excluding hydrogens is 973 g/mol. The number of aliphatic carboxylic acids is 1. The van der Waals surface area contributed by atoms with Crippen molar-refractivity contribution < 1.29 is 58.2 Å². The Hall–Kier alpha value is -4.62. The van der Waals surface area contributed by atoms with Crippen molar-refractivity contribution in [2.45, 2.75) is 263 Å². The highest BCUT2D eigenvalue weighted by Crippen LogP contribution is 2.26. The molecule has 6 atom stereocenters. The van der Waals surface area contributed by atoms with Crippen molar-refractivity contribution in [2.24, 2.45) is 0 Å². The van der Waals surface area contributed by atoms with Gasteiger partial charge in [0.15, 0.2) is 24.6 Å². The summed E-state index contributed by atoms with van der Waals surface area (Å²) in [6.07, 6.45) is 58.1. The lowest BCUT2D eigenvalue weighted by atomic mass is 9.98. The number of hydrogen-bond acceptors (Lipinski definition) is 11. The molecule has 1 aliphatic rings. The Morgan fingerprint density at radius 2 is 0.857 bits per heavy atom. The van der Waals surface area contributed by atoms with Gasteiger partial charge in [0.1, 0.15) is 18.8 Å². The quantitative estimate of drug-likeness (QED) is 0.0228. The Kier molecular flexibility index (Phi) is 47.6. The molecule has 6 unspecified atom stereocenters. The van der Waals surface area contributed by atoms with E-state index < -0.39 is 67.3 Å². The summed E-state index contributed by atoms with van der Waals surface area (Å²) in [5.74, 6) is -3.34. The summed E-state index contributed by atoms with van der Waals surface area (Å²) < 4.78 is 28.3. The van der Waals surface area contributed by atoms with Gasteiger partial charge in [-0.3, -0.25) is 14.4 Å². The number of rotatable bonds is 49. The number of allylic oxidation sites excluding steroid dienone is 17. The highest BCUT2D eigenvalue weighted by molar-refractivity contribution is 5.74. The highest BCUT2D eigenvalue weighted by Gasteiger charge is 2.50. The van der Waals surface area contributed by atoms with E-state index >= 15 is 0 Å². The Labute approximate surface area is 465 Å². The van der Waals surface area contributed by atoms with Crippen LogP contribution in [0.4, 0.5) is 0 Å². The minimum Gasteiger partial charge on any atom is -0.479 e. The molecule has 436 valence electrons. The Bertz CT molecular complexity index is 1750. The van der Waals surface area contributed by atoms with Crippen molar-refractivity contribution in [1.29, 1.82) is 0 Å². The van der Waals surface area contributed by atoms with E-state index in [1.165, 1.54) is 83.5 Å². The minimum absolute atomic E-state index is 0.112. The van der Waals surface area contributed by atoms with Gasteiger partial charge in [0.25, 0.3) is 0 Å². The number of aliphatic hydroxyl groups excluding tert-OH is 2. The summed E-state index contributed by atoms with van der Waals surface area (Å²) in [5, 5.41) is 31.4. The van der Waals surface area contributed by atoms with Crippen molar-refractivity contribution in [3.63, 3.8) is 0 Å². The third kappa shape index (κ3) is 42.1. The molecule has 0 saturated carbocycles. The van der Waals surface area contributed by atoms with Crippen molar-refractivity contribution in [3.05, 3.63) is 109 Å². The monoisotopic (exact) mass is 1080 g/mol. The topological polar surface area (TPSA) is 175 Å². The highest BCUT2D eigenvalue weighted by atomic mass is 16.7. The first-order chi connectivity index (χ1) is 37.6. The van der Waals surface area contributed by atoms with Gasteiger partial charge in [-0.05, 0) is 103 Å². The Morgan fingerprint density at radius 3 is 1.34 bits per heavy atom. The third-order valence-electron chi connectivity index (χ3n) is 12.8. The molecule has 1 saturated heterocycles. The summed E-state index contributed by atoms with van der Waals surface area (Å²) in [4.78, 5) is 51.1. The van der Waals surface area contributed by atoms with E-state index in [-0.39, 0.29) is 25.9 Å². The first-order valence-electron chi connectivity index (χ1n) is 29.9. The van der Waals surface area contributed by atoms with Crippen LogP contribution in [0.25, 0.3) is 0 Å². The molecule has 0 amide bonds. The van der Waals surface area contributed by atoms with E-state index in [9.17, 15) is 34.5 Å². The van der Waals surface area contributed by atoms with Crippen LogP contribution in [-0.2, 0) is 42.9 Å². The lowest BCUT2D eigenvalue weighted by molar-refractivity contribution is -0.301. The van der Waals surface area contributed by atoms with Gasteiger partial charge >= 0.3 is 23.9 Å². The third-order valence-corrected chi connectivity index (χ3v) is 12.8. The number of carboxylic acid groups (broad SMARTS) is 1. The van der Waals surface area contributed by atoms with Gasteiger partial charge in [0.2, 0.25) is 0 Å². The van der Waals surface area contributed by atoms with Crippen LogP contribution in [0, 0.1) is 0 Å². The second-order valence-corrected chi connectivity index (χ2v) is 19.9. The summed E-state index contributed by atoms with van der Waals surface area (Å²) in [6.45, 7) is 5.68. The average Bonchev–Trinajstić information content (AvgIpc) is 3.42. The second kappa shape index (κ2) is 52.1. The SMILES string of the molecule is CC/C=C\C/C=C\C/C=C\C/C=C\C/C=C\CC(=O)OC1C(OCC(COC(=O)CCCCCCCCCCC/C=C\CCCCCCCC)OC(=O)CCCCC/C=C\C/C=C\C/C=C\CC)OC(C(=O)O)C(O)C1O. The molecule has 1 rings (SSSR count). The van der Waals surface area contributed by atoms with Crippen molar-refractivity contribution in [2.75, 3.05) is 13.2 Å². The molecule has 0 aromatic carbocycles. The predicted octanol–water partition coefficient (Wildman–Crippen LogP) is 15.4. The fourth-order valence-electron chi connectivity index (χ4n) is 8.33. The van der Waals surface area contributed by atoms with Gasteiger partial charge in [0.05, 0.1) is 13.0 Å². The summed E-state index contributed by atoms with van der Waals surface area (Å²) in [6, 6.07) is 0. The smallest absolute Gasteiger partial charge is 0.335 e. The van der Waals surface area contributed by atoms with Gasteiger partial charge in [-0.15, -0.1) is 0 Å². The molecule has 0 spiro atoms. The van der Waals surface area contributed by atoms with Gasteiger partial charge in [0, 0.05) is 12.8 Å². The molecule has 3 N–H and O–H groups in total. The predicted molar refractivity (Wildman–Crippen MR) is 312 cm³/mol. The van der Waals surface area contributed by atoms with Crippen LogP contribution in [0.3, 0.4) is 0 Å². The molecule has 12 heteroatoms. The van der Waals surface area contributed by atoms with Crippen LogP contribution in [0.5, 0.6) is 0 Å². The molecule has 0 aliphatic carbocycles. The van der Waals surface area contributed by atoms with E-state index in [1.54, 1.807) is 12.2 Å². The largest absolute Gasteiger partial charge is 0.479 e. The van der Waals surface area contributed by atoms with Crippen molar-refractivity contribution in [1.82, 2.24) is 0 Å². The minimum atomic E-state index is -1.94. The summed E-state index contributed by atoms with van der Waals surface area (Å²) in [5.41, 5.74) is 0. The van der Waals surface area contributed by atoms with Gasteiger partial charge in [-0.1, -0.05) is 214 Å². The zero-order valence-corrected chi connectivity index (χ0v) is 47.9. The number of carbonyl (C=O) groups is 4. The van der Waals surface area contributed by atoms with Crippen LogP contribution in [0.15, 0.2) is 109 Å². The second-order valence-electron chi connectivity index (χ2n) is 19.9. The lowest BCUT2D eigenvalue weighted by Crippen LogP contribution is -2.61. The van der Waals surface area contributed by atoms with Crippen LogP contribution in [0.1, 0.15) is 226 Å². The van der Waals surface area contributed by atoms with E-state index in [4.69, 9.17) is 23.7 Å². The number of carboxylic acids is 1. The zero-order chi connectivity index (χ0) is 56.1. The van der Waals surface area contributed by atoms with Gasteiger partial charge in [-0.2, -0.15) is 0 Å². The van der Waals surface area contributed by atoms with E-state index in [2.05, 4.69) is 106 Å². The zero-order valence-electron chi connectivity index (χ0n) is 47.9. The van der Waals surface area contributed by atoms with E-state index in [0.29, 0.717) is 19.3 Å². The maximum Gasteiger partial charge on any atom is 0.335 e. The van der Waals surface area contributed by atoms with Gasteiger partial charge < -0.3 is 39.0 Å². The first kappa shape index (κ1) is 70.4. The molecule has 0 aromatic heterocycles. The van der Waals surface area contributed by atoms with E-state index in [1.807, 2.05) is 12.2 Å². The number of hydrogen-bond donors (Lipinski definition) is 3. The number of aliphatic hydroxyl groups is 2. The molecule has 0 aromatic rings. The van der Waals surface area contributed by atoms with Crippen molar-refractivity contribution >= 4 is 23.9 Å². The molecule has 0 bridgehead atoms. The molecule has 1 fully saturated rings. The fraction of sp³-hybridized carbons (Fsp3) is 0.662. The maximum absolute atomic E-state index is 13.1. The summed E-state index contributed by atoms with van der Waals surface area (Å²) >= 11 is 0. The Balaban J connectivity index is 2.73. The number of unbranched alkanes of at least 4 members (excludes halogenated alkanes) is 18. The van der Waals surface area contributed by atoms with Gasteiger partial charge in [-0.25, -0.2) is 4.79 Å². The van der Waals surface area contributed by atoms with E-state index in [0.717, 1.165) is 83.5 Å². The normalized spacial score (nSPS) is 18.8. The van der Waals surface area contributed by atoms with Crippen LogP contribution in [-0.4, -0.2) is 89.2 Å². The molecule has 0 radical (unpaired) electrons. The van der Waals surface area contributed by atoms with Crippen LogP contribution >= 0.6 is 0 Å². The first-order valence-corrected chi connectivity index (χ1v) is 29.9. The maximum atomic E-state index is 13.1. The standard InChI is InChI=1S/C65H104O12/c1-4-7-10-13-16-19-22-25-27-28-29-30-32-34-36-39-42-45-48-51-57(66)73-54-56(75-58(67)52-49-46-43-40-37-33-24-21-18-15-12-9-6-3)55-74-65-63(61(70)60(69)62(77-65)64(71)72)76-59(68)53-50-47-44-41-38-35-31-26-23-20-17-14-11-8-5-2/h8-9,11-12,17-18,20-21,25-27,31,33,37-38,41,47,50,56,60-63,65,69-70H,4-7,10,13-16,19,22-24,28-30,32,34-36,39-40,42-46,48-49,51-55H2,1-3H3,(H,71,72)/b11-8-,12-9-,20-17-,21-18-,27-25-,31-26-,37-33-,41-38-,50-47-. The van der Waals surface area contributed by atoms with Crippen LogP contribution < -0.4 is 0 Å². The number of ether oxygens (including phenoxy) is 5. The Morgan fingerprint density at radius 1 is 0.455 bits per heavy atom. The molecule has 12 nitrogen and oxygen atoms in total. The fourth-order valence-corrected chi connectivity index (χ4v) is 8.33. The molecular formula is C65H104O12. The molecule has 77 heavy (non-hydrogen) atoms.